The summed E-state index contributed by atoms with van der Waals surface area (Å²) in [5.74, 6) is 1.63. The molecular formula is C18H20O. The normalized spacial score (nSPS) is 35.1. The molecule has 0 amide bonds. The van der Waals surface area contributed by atoms with Gasteiger partial charge in [-0.3, -0.25) is 4.79 Å². The number of hydrogen-bond donors (Lipinski definition) is 0. The predicted octanol–water partition coefficient (Wildman–Crippen LogP) is 3.96. The molecule has 1 aromatic rings. The Kier molecular flexibility index (Phi) is 2.30. The van der Waals surface area contributed by atoms with Crippen LogP contribution in [0.5, 0.6) is 0 Å². The van der Waals surface area contributed by atoms with Gasteiger partial charge in [0.15, 0.2) is 5.78 Å². The molecule has 0 heterocycles. The molecule has 98 valence electrons. The van der Waals surface area contributed by atoms with Gasteiger partial charge in [0.1, 0.15) is 0 Å². The Bertz CT molecular complexity index is 583. The van der Waals surface area contributed by atoms with Gasteiger partial charge in [-0.2, -0.15) is 0 Å². The molecule has 1 fully saturated rings. The second-order valence-electron chi connectivity index (χ2n) is 6.47. The van der Waals surface area contributed by atoms with Crippen molar-refractivity contribution in [2.45, 2.75) is 39.0 Å². The van der Waals surface area contributed by atoms with E-state index in [-0.39, 0.29) is 5.41 Å². The molecule has 4 rings (SSSR count). The number of fused-ring (bicyclic) bond motifs is 4. The van der Waals surface area contributed by atoms with Gasteiger partial charge in [-0.05, 0) is 55.1 Å². The average molecular weight is 252 g/mol. The fourth-order valence-electron chi connectivity index (χ4n) is 4.71. The summed E-state index contributed by atoms with van der Waals surface area (Å²) >= 11 is 0. The van der Waals surface area contributed by atoms with Crippen LogP contribution in [0.1, 0.15) is 47.7 Å². The summed E-state index contributed by atoms with van der Waals surface area (Å²) in [5, 5.41) is 0. The van der Waals surface area contributed by atoms with E-state index in [9.17, 15) is 4.79 Å². The first-order valence-electron chi connectivity index (χ1n) is 7.58. The van der Waals surface area contributed by atoms with E-state index in [0.717, 1.165) is 31.2 Å². The van der Waals surface area contributed by atoms with Gasteiger partial charge in [-0.15, -0.1) is 0 Å². The molecule has 0 aromatic heterocycles. The zero-order chi connectivity index (χ0) is 13.0. The molecule has 1 saturated carbocycles. The van der Waals surface area contributed by atoms with Crippen LogP contribution >= 0.6 is 0 Å². The van der Waals surface area contributed by atoms with E-state index in [0.29, 0.717) is 17.6 Å². The predicted molar refractivity (Wildman–Crippen MR) is 76.3 cm³/mol. The summed E-state index contributed by atoms with van der Waals surface area (Å²) in [6.45, 7) is 2.19. The Balaban J connectivity index is 1.82. The number of carbonyl (C=O) groups is 1. The molecule has 0 saturated heterocycles. The lowest BCUT2D eigenvalue weighted by molar-refractivity contribution is 0.0702. The number of hydrogen-bond acceptors (Lipinski definition) is 1. The Morgan fingerprint density at radius 2 is 2.21 bits per heavy atom. The molecule has 3 unspecified atom stereocenters. The van der Waals surface area contributed by atoms with Crippen molar-refractivity contribution < 1.29 is 4.79 Å². The van der Waals surface area contributed by atoms with Crippen LogP contribution in [-0.2, 0) is 12.8 Å². The number of ketones is 1. The van der Waals surface area contributed by atoms with Gasteiger partial charge >= 0.3 is 0 Å². The highest BCUT2D eigenvalue weighted by molar-refractivity contribution is 6.03. The largest absolute Gasteiger partial charge is 0.294 e. The molecule has 0 radical (unpaired) electrons. The van der Waals surface area contributed by atoms with Crippen LogP contribution in [0.15, 0.2) is 30.4 Å². The van der Waals surface area contributed by atoms with Crippen LogP contribution in [-0.4, -0.2) is 5.78 Å². The highest BCUT2D eigenvalue weighted by Gasteiger charge is 2.54. The van der Waals surface area contributed by atoms with Crippen LogP contribution in [0.4, 0.5) is 0 Å². The third-order valence-electron chi connectivity index (χ3n) is 5.68. The lowest BCUT2D eigenvalue weighted by Gasteiger charge is -2.39. The van der Waals surface area contributed by atoms with E-state index < -0.39 is 0 Å². The van der Waals surface area contributed by atoms with Gasteiger partial charge < -0.3 is 0 Å². The fourth-order valence-corrected chi connectivity index (χ4v) is 4.71. The lowest BCUT2D eigenvalue weighted by atomic mass is 9.63. The van der Waals surface area contributed by atoms with E-state index in [2.05, 4.69) is 37.3 Å². The summed E-state index contributed by atoms with van der Waals surface area (Å²) in [4.78, 5) is 13.1. The minimum Gasteiger partial charge on any atom is -0.294 e. The van der Waals surface area contributed by atoms with Gasteiger partial charge in [-0.25, -0.2) is 0 Å². The Morgan fingerprint density at radius 3 is 2.89 bits per heavy atom. The SMILES string of the molecule is CCc1cccc2c1CCC1(CC3C=CC1C3)C2=O. The van der Waals surface area contributed by atoms with Crippen molar-refractivity contribution in [3.05, 3.63) is 47.0 Å². The van der Waals surface area contributed by atoms with Crippen LogP contribution in [0.25, 0.3) is 0 Å². The Labute approximate surface area is 114 Å². The van der Waals surface area contributed by atoms with Crippen LogP contribution in [0.3, 0.4) is 0 Å². The number of Topliss-reactive ketones (excluding diaryl/α,β-unsaturated/α-hetero) is 1. The molecule has 3 aliphatic carbocycles. The van der Waals surface area contributed by atoms with Gasteiger partial charge in [0.05, 0.1) is 0 Å². The summed E-state index contributed by atoms with van der Waals surface area (Å²) in [5.41, 5.74) is 3.71. The van der Waals surface area contributed by atoms with E-state index in [1.54, 1.807) is 0 Å². The second-order valence-corrected chi connectivity index (χ2v) is 6.47. The van der Waals surface area contributed by atoms with Gasteiger partial charge in [0.2, 0.25) is 0 Å². The maximum Gasteiger partial charge on any atom is 0.169 e. The van der Waals surface area contributed by atoms with Crippen molar-refractivity contribution >= 4 is 5.78 Å². The van der Waals surface area contributed by atoms with Crippen molar-refractivity contribution in [1.29, 1.82) is 0 Å². The zero-order valence-electron chi connectivity index (χ0n) is 11.5. The van der Waals surface area contributed by atoms with E-state index >= 15 is 0 Å². The standard InChI is InChI=1S/C18H20O/c1-2-13-4-3-5-16-15(13)8-9-18(17(16)19)11-12-6-7-14(18)10-12/h3-7,12,14H,2,8-11H2,1H3. The van der Waals surface area contributed by atoms with Crippen LogP contribution in [0.2, 0.25) is 0 Å². The quantitative estimate of drug-likeness (QED) is 0.691. The number of benzene rings is 1. The number of aryl methyl sites for hydroxylation is 1. The maximum absolute atomic E-state index is 13.1. The number of allylic oxidation sites excluding steroid dienone is 2. The molecule has 0 N–H and O–H groups in total. The topological polar surface area (TPSA) is 17.1 Å². The van der Waals surface area contributed by atoms with Gasteiger partial charge in [0.25, 0.3) is 0 Å². The number of rotatable bonds is 1. The highest BCUT2D eigenvalue weighted by atomic mass is 16.1. The molecule has 1 heteroatoms. The smallest absolute Gasteiger partial charge is 0.169 e. The molecule has 1 nitrogen and oxygen atoms in total. The fraction of sp³-hybridized carbons (Fsp3) is 0.500. The van der Waals surface area contributed by atoms with E-state index in [1.807, 2.05) is 0 Å². The second kappa shape index (κ2) is 3.82. The summed E-state index contributed by atoms with van der Waals surface area (Å²) < 4.78 is 0. The minimum atomic E-state index is -0.0429. The number of carbonyl (C=O) groups excluding carboxylic acids is 1. The summed E-state index contributed by atoms with van der Waals surface area (Å²) in [6.07, 6.45) is 10.2. The first-order chi connectivity index (χ1) is 9.24. The van der Waals surface area contributed by atoms with E-state index in [1.165, 1.54) is 17.5 Å². The molecule has 2 bridgehead atoms. The third-order valence-corrected chi connectivity index (χ3v) is 5.68. The minimum absolute atomic E-state index is 0.0429. The Hall–Kier alpha value is -1.37. The monoisotopic (exact) mass is 252 g/mol. The molecule has 1 spiro atoms. The van der Waals surface area contributed by atoms with Gasteiger partial charge in [0, 0.05) is 11.0 Å². The molecular weight excluding hydrogens is 232 g/mol. The lowest BCUT2D eigenvalue weighted by Crippen LogP contribution is -2.39. The maximum atomic E-state index is 13.1. The van der Waals surface area contributed by atoms with E-state index in [4.69, 9.17) is 0 Å². The van der Waals surface area contributed by atoms with Crippen molar-refractivity contribution in [1.82, 2.24) is 0 Å². The van der Waals surface area contributed by atoms with Crippen molar-refractivity contribution in [2.75, 3.05) is 0 Å². The van der Waals surface area contributed by atoms with Gasteiger partial charge in [-0.1, -0.05) is 37.3 Å². The van der Waals surface area contributed by atoms with Crippen LogP contribution in [0, 0.1) is 17.3 Å². The van der Waals surface area contributed by atoms with Crippen molar-refractivity contribution in [3.8, 4) is 0 Å². The molecule has 3 atom stereocenters. The van der Waals surface area contributed by atoms with Crippen LogP contribution < -0.4 is 0 Å². The molecule has 3 aliphatic rings. The zero-order valence-corrected chi connectivity index (χ0v) is 11.5. The molecule has 19 heavy (non-hydrogen) atoms. The first kappa shape index (κ1) is 11.5. The summed E-state index contributed by atoms with van der Waals surface area (Å²) in [6, 6.07) is 6.32. The Morgan fingerprint density at radius 1 is 1.32 bits per heavy atom. The summed E-state index contributed by atoms with van der Waals surface area (Å²) in [7, 11) is 0. The highest BCUT2D eigenvalue weighted by Crippen LogP contribution is 2.57. The molecule has 1 aromatic carbocycles. The third kappa shape index (κ3) is 1.39. The first-order valence-corrected chi connectivity index (χ1v) is 7.58. The average Bonchev–Trinajstić information content (AvgIpc) is 3.04. The van der Waals surface area contributed by atoms with Crippen molar-refractivity contribution in [2.24, 2.45) is 17.3 Å². The molecule has 0 aliphatic heterocycles. The van der Waals surface area contributed by atoms with Crippen molar-refractivity contribution in [3.63, 3.8) is 0 Å².